The first kappa shape index (κ1) is 14.2. The Morgan fingerprint density at radius 3 is 2.57 bits per heavy atom. The molecule has 0 aliphatic carbocycles. The van der Waals surface area contributed by atoms with Crippen molar-refractivity contribution in [1.82, 2.24) is 9.19 Å². The normalized spacial score (nSPS) is 11.7. The Hall–Kier alpha value is -1.76. The molecule has 3 rings (SSSR count). The average Bonchev–Trinajstić information content (AvgIpc) is 2.87. The molecule has 0 unspecified atom stereocenters. The molecule has 108 valence electrons. The van der Waals surface area contributed by atoms with Gasteiger partial charge in [-0.15, -0.1) is 4.09 Å². The highest BCUT2D eigenvalue weighted by atomic mass is 35.5. The van der Waals surface area contributed by atoms with Gasteiger partial charge in [-0.2, -0.15) is 13.5 Å². The smallest absolute Gasteiger partial charge is 0.365 e. The Balaban J connectivity index is 2.02. The number of aromatic nitrogens is 2. The molecule has 0 amide bonds. The summed E-state index contributed by atoms with van der Waals surface area (Å²) in [6.07, 6.45) is 1.45. The van der Waals surface area contributed by atoms with Gasteiger partial charge in [0.25, 0.3) is 0 Å². The van der Waals surface area contributed by atoms with Crippen LogP contribution in [0.15, 0.2) is 48.7 Å². The summed E-state index contributed by atoms with van der Waals surface area (Å²) in [5.41, 5.74) is 0.428. The Morgan fingerprint density at radius 1 is 1.05 bits per heavy atom. The average molecular weight is 343 g/mol. The van der Waals surface area contributed by atoms with E-state index < -0.39 is 10.3 Å². The Labute approximate surface area is 130 Å². The van der Waals surface area contributed by atoms with Crippen molar-refractivity contribution in [1.29, 1.82) is 0 Å². The fourth-order valence-electron chi connectivity index (χ4n) is 1.81. The molecule has 0 N–H and O–H groups in total. The minimum atomic E-state index is -4.12. The van der Waals surface area contributed by atoms with Crippen LogP contribution in [0.2, 0.25) is 10.0 Å². The van der Waals surface area contributed by atoms with E-state index in [1.165, 1.54) is 24.4 Å². The van der Waals surface area contributed by atoms with E-state index in [0.717, 1.165) is 4.09 Å². The van der Waals surface area contributed by atoms with E-state index in [-0.39, 0.29) is 10.8 Å². The monoisotopic (exact) mass is 342 g/mol. The van der Waals surface area contributed by atoms with Gasteiger partial charge < -0.3 is 4.18 Å². The molecule has 0 aliphatic rings. The molecule has 0 bridgehead atoms. The maximum absolute atomic E-state index is 12.3. The summed E-state index contributed by atoms with van der Waals surface area (Å²) in [6.45, 7) is 0. The van der Waals surface area contributed by atoms with E-state index in [4.69, 9.17) is 27.4 Å². The number of halogens is 2. The number of hydrogen-bond donors (Lipinski definition) is 0. The molecule has 5 nitrogen and oxygen atoms in total. The minimum Gasteiger partial charge on any atom is -0.365 e. The number of fused-ring (bicyclic) bond motifs is 1. The van der Waals surface area contributed by atoms with Crippen LogP contribution in [-0.2, 0) is 10.3 Å². The lowest BCUT2D eigenvalue weighted by Crippen LogP contribution is -2.20. The van der Waals surface area contributed by atoms with Crippen LogP contribution in [0.5, 0.6) is 5.75 Å². The van der Waals surface area contributed by atoms with Crippen molar-refractivity contribution in [3.05, 3.63) is 58.7 Å². The molecule has 0 fully saturated rings. The minimum absolute atomic E-state index is 0.0592. The van der Waals surface area contributed by atoms with Gasteiger partial charge in [0.15, 0.2) is 0 Å². The lowest BCUT2D eigenvalue weighted by atomic mass is 10.3. The predicted molar refractivity (Wildman–Crippen MR) is 81.1 cm³/mol. The molecule has 0 spiro atoms. The number of rotatable bonds is 3. The third kappa shape index (κ3) is 2.70. The van der Waals surface area contributed by atoms with Crippen molar-refractivity contribution in [2.75, 3.05) is 0 Å². The molecule has 0 radical (unpaired) electrons. The number of hydrogen-bond acceptors (Lipinski definition) is 4. The van der Waals surface area contributed by atoms with Gasteiger partial charge in [-0.25, -0.2) is 0 Å². The lowest BCUT2D eigenvalue weighted by Gasteiger charge is -2.08. The van der Waals surface area contributed by atoms with Crippen molar-refractivity contribution >= 4 is 44.4 Å². The van der Waals surface area contributed by atoms with E-state index in [0.29, 0.717) is 15.9 Å². The largest absolute Gasteiger partial charge is 0.429 e. The van der Waals surface area contributed by atoms with E-state index in [1.807, 2.05) is 0 Å². The van der Waals surface area contributed by atoms with E-state index >= 15 is 0 Å². The third-order valence-electron chi connectivity index (χ3n) is 2.75. The van der Waals surface area contributed by atoms with Gasteiger partial charge >= 0.3 is 10.3 Å². The van der Waals surface area contributed by atoms with Gasteiger partial charge in [0, 0.05) is 11.5 Å². The summed E-state index contributed by atoms with van der Waals surface area (Å²) in [4.78, 5) is 0. The van der Waals surface area contributed by atoms with Crippen LogP contribution in [0.4, 0.5) is 0 Å². The highest BCUT2D eigenvalue weighted by Crippen LogP contribution is 2.27. The molecule has 1 heterocycles. The van der Waals surface area contributed by atoms with Crippen molar-refractivity contribution in [2.24, 2.45) is 0 Å². The summed E-state index contributed by atoms with van der Waals surface area (Å²) in [5, 5.41) is 5.06. The van der Waals surface area contributed by atoms with Crippen LogP contribution in [0.25, 0.3) is 10.9 Å². The summed E-state index contributed by atoms with van der Waals surface area (Å²) >= 11 is 11.6. The molecular formula is C13H8Cl2N2O3S. The second-order valence-electron chi connectivity index (χ2n) is 4.16. The zero-order chi connectivity index (χ0) is 15.0. The lowest BCUT2D eigenvalue weighted by molar-refractivity contribution is 0.471. The van der Waals surface area contributed by atoms with E-state index in [2.05, 4.69) is 5.10 Å². The quantitative estimate of drug-likeness (QED) is 0.730. The zero-order valence-corrected chi connectivity index (χ0v) is 12.7. The molecular weight excluding hydrogens is 335 g/mol. The van der Waals surface area contributed by atoms with Crippen LogP contribution < -0.4 is 4.18 Å². The first-order valence-corrected chi connectivity index (χ1v) is 7.92. The van der Waals surface area contributed by atoms with Gasteiger partial charge in [0.2, 0.25) is 0 Å². The highest BCUT2D eigenvalue weighted by molar-refractivity contribution is 7.85. The SMILES string of the molecule is O=S(=O)(Oc1ccc(Cl)c(Cl)c1)n1ncc2ccccc21. The topological polar surface area (TPSA) is 61.2 Å². The van der Waals surface area contributed by atoms with Crippen molar-refractivity contribution in [3.8, 4) is 5.75 Å². The maximum atomic E-state index is 12.3. The molecule has 21 heavy (non-hydrogen) atoms. The molecule has 2 aromatic carbocycles. The number of benzene rings is 2. The standard InChI is InChI=1S/C13H8Cl2N2O3S/c14-11-6-5-10(7-12(11)15)20-21(18,19)17-13-4-2-1-3-9(13)8-16-17/h1-8H. The summed E-state index contributed by atoms with van der Waals surface area (Å²) in [7, 11) is -4.12. The molecule has 8 heteroatoms. The summed E-state index contributed by atoms with van der Waals surface area (Å²) in [5.74, 6) is 0.0592. The Morgan fingerprint density at radius 2 is 1.81 bits per heavy atom. The van der Waals surface area contributed by atoms with Crippen molar-refractivity contribution < 1.29 is 12.6 Å². The van der Waals surface area contributed by atoms with Gasteiger partial charge in [0.1, 0.15) is 5.75 Å². The zero-order valence-electron chi connectivity index (χ0n) is 10.4. The van der Waals surface area contributed by atoms with Crippen LogP contribution in [0, 0.1) is 0 Å². The molecule has 0 aliphatic heterocycles. The van der Waals surface area contributed by atoms with Crippen LogP contribution >= 0.6 is 23.2 Å². The van der Waals surface area contributed by atoms with Crippen LogP contribution in [0.3, 0.4) is 0 Å². The molecule has 0 saturated carbocycles. The predicted octanol–water partition coefficient (Wildman–Crippen LogP) is 3.52. The van der Waals surface area contributed by atoms with Crippen LogP contribution in [-0.4, -0.2) is 17.6 Å². The van der Waals surface area contributed by atoms with Gasteiger partial charge in [-0.3, -0.25) is 0 Å². The molecule has 3 aromatic rings. The summed E-state index contributed by atoms with van der Waals surface area (Å²) in [6, 6.07) is 11.1. The van der Waals surface area contributed by atoms with Gasteiger partial charge in [-0.05, 0) is 18.2 Å². The first-order valence-electron chi connectivity index (χ1n) is 5.80. The molecule has 1 aromatic heterocycles. The van der Waals surface area contributed by atoms with E-state index in [1.54, 1.807) is 24.3 Å². The van der Waals surface area contributed by atoms with Crippen molar-refractivity contribution in [2.45, 2.75) is 0 Å². The highest BCUT2D eigenvalue weighted by Gasteiger charge is 2.20. The maximum Gasteiger partial charge on any atom is 0.429 e. The Kier molecular flexibility index (Phi) is 3.52. The number of para-hydroxylation sites is 1. The van der Waals surface area contributed by atoms with Crippen LogP contribution in [0.1, 0.15) is 0 Å². The van der Waals surface area contributed by atoms with Crippen molar-refractivity contribution in [3.63, 3.8) is 0 Å². The van der Waals surface area contributed by atoms with Gasteiger partial charge in [0.05, 0.1) is 21.8 Å². The molecule has 0 saturated heterocycles. The molecule has 0 atom stereocenters. The fourth-order valence-corrected chi connectivity index (χ4v) is 3.09. The fraction of sp³-hybridized carbons (Fsp3) is 0. The van der Waals surface area contributed by atoms with Gasteiger partial charge in [-0.1, -0.05) is 41.4 Å². The third-order valence-corrected chi connectivity index (χ3v) is 4.61. The number of nitrogens with zero attached hydrogens (tertiary/aromatic N) is 2. The second-order valence-corrected chi connectivity index (χ2v) is 6.35. The summed E-state index contributed by atoms with van der Waals surface area (Å²) < 4.78 is 30.4. The first-order chi connectivity index (χ1) is 9.97. The Bertz CT molecular complexity index is 922. The second kappa shape index (κ2) is 5.22. The van der Waals surface area contributed by atoms with E-state index in [9.17, 15) is 8.42 Å².